The average Bonchev–Trinajstić information content (AvgIpc) is 2.69. The number of hydrogen-bond acceptors (Lipinski definition) is 4. The summed E-state index contributed by atoms with van der Waals surface area (Å²) >= 11 is 0. The zero-order valence-electron chi connectivity index (χ0n) is 18.3. The maximum absolute atomic E-state index is 13.3. The first kappa shape index (κ1) is 30.3. The van der Waals surface area contributed by atoms with Crippen LogP contribution in [0.4, 0.5) is 52.7 Å². The third-order valence-corrected chi connectivity index (χ3v) is 5.86. The molecule has 4 N–H and O–H groups in total. The molecule has 0 heterocycles. The summed E-state index contributed by atoms with van der Waals surface area (Å²) in [5.74, 6) is -3.35. The van der Waals surface area contributed by atoms with Gasteiger partial charge in [0.25, 0.3) is 11.2 Å². The van der Waals surface area contributed by atoms with Crippen LogP contribution in [0, 0.1) is 0 Å². The van der Waals surface area contributed by atoms with Crippen LogP contribution in [0.15, 0.2) is 36.4 Å². The summed E-state index contributed by atoms with van der Waals surface area (Å²) in [7, 11) is 0. The molecule has 0 saturated heterocycles. The first-order valence-corrected chi connectivity index (χ1v) is 9.64. The minimum Gasteiger partial charge on any atom is -0.508 e. The Kier molecular flexibility index (Phi) is 7.03. The highest BCUT2D eigenvalue weighted by atomic mass is 19.4. The van der Waals surface area contributed by atoms with Gasteiger partial charge in [0.15, 0.2) is 0 Å². The Hall–Kier alpha value is -2.88. The van der Waals surface area contributed by atoms with Crippen molar-refractivity contribution in [3.63, 3.8) is 0 Å². The van der Waals surface area contributed by atoms with Gasteiger partial charge in [-0.15, -0.1) is 0 Å². The second kappa shape index (κ2) is 8.58. The lowest BCUT2D eigenvalue weighted by molar-refractivity contribution is -0.377. The third-order valence-electron chi connectivity index (χ3n) is 5.86. The van der Waals surface area contributed by atoms with E-state index in [1.165, 1.54) is 0 Å². The Labute approximate surface area is 199 Å². The van der Waals surface area contributed by atoms with Gasteiger partial charge in [0, 0.05) is 16.5 Å². The molecule has 0 saturated carbocycles. The number of aromatic hydroxyl groups is 2. The molecule has 0 fully saturated rings. The number of halogens is 12. The van der Waals surface area contributed by atoms with E-state index in [4.69, 9.17) is 0 Å². The molecule has 0 aliphatic carbocycles. The fraction of sp³-hybridized carbons (Fsp3) is 0.429. The molecule has 0 atom stereocenters. The summed E-state index contributed by atoms with van der Waals surface area (Å²) in [4.78, 5) is 0. The van der Waals surface area contributed by atoms with Gasteiger partial charge in [0.05, 0.1) is 0 Å². The van der Waals surface area contributed by atoms with Crippen LogP contribution in [0.3, 0.4) is 0 Å². The zero-order valence-corrected chi connectivity index (χ0v) is 18.3. The van der Waals surface area contributed by atoms with E-state index in [-0.39, 0.29) is 12.1 Å². The summed E-state index contributed by atoms with van der Waals surface area (Å²) in [5, 5.41) is 38.7. The molecule has 2 aromatic rings. The first-order chi connectivity index (χ1) is 16.2. The highest BCUT2D eigenvalue weighted by molar-refractivity contribution is 5.50. The molecule has 0 aliphatic heterocycles. The molecule has 0 radical (unpaired) electrons. The van der Waals surface area contributed by atoms with E-state index in [2.05, 4.69) is 0 Å². The van der Waals surface area contributed by atoms with Crippen LogP contribution in [0.25, 0.3) is 0 Å². The van der Waals surface area contributed by atoms with Crippen LogP contribution < -0.4 is 0 Å². The van der Waals surface area contributed by atoms with Gasteiger partial charge in [-0.25, -0.2) is 0 Å². The summed E-state index contributed by atoms with van der Waals surface area (Å²) < 4.78 is 160. The molecule has 0 amide bonds. The van der Waals surface area contributed by atoms with Crippen LogP contribution in [-0.2, 0) is 16.6 Å². The van der Waals surface area contributed by atoms with E-state index in [1.807, 2.05) is 0 Å². The highest BCUT2D eigenvalue weighted by Gasteiger charge is 2.73. The minimum atomic E-state index is -6.42. The fourth-order valence-electron chi connectivity index (χ4n) is 3.53. The van der Waals surface area contributed by atoms with Crippen molar-refractivity contribution in [2.75, 3.05) is 0 Å². The molecule has 208 valence electrons. The summed E-state index contributed by atoms with van der Waals surface area (Å²) in [6.45, 7) is 1.92. The molecule has 0 aromatic heterocycles. The zero-order chi connectivity index (χ0) is 29.2. The third kappa shape index (κ3) is 4.64. The van der Waals surface area contributed by atoms with E-state index in [0.717, 1.165) is 13.8 Å². The van der Waals surface area contributed by atoms with E-state index in [1.54, 1.807) is 0 Å². The predicted molar refractivity (Wildman–Crippen MR) is 100 cm³/mol. The molecule has 0 aliphatic rings. The van der Waals surface area contributed by atoms with Gasteiger partial charge in [-0.1, -0.05) is 26.0 Å². The van der Waals surface area contributed by atoms with E-state index < -0.39 is 75.1 Å². The Morgan fingerprint density at radius 2 is 0.730 bits per heavy atom. The number of alkyl halides is 12. The monoisotopic (exact) mass is 560 g/mol. The Balaban J connectivity index is 2.85. The van der Waals surface area contributed by atoms with Gasteiger partial charge < -0.3 is 20.4 Å². The van der Waals surface area contributed by atoms with Crippen LogP contribution in [-0.4, -0.2) is 45.1 Å². The predicted octanol–water partition coefficient (Wildman–Crippen LogP) is 6.05. The van der Waals surface area contributed by atoms with Crippen molar-refractivity contribution >= 4 is 0 Å². The van der Waals surface area contributed by atoms with Crippen molar-refractivity contribution < 1.29 is 73.1 Å². The van der Waals surface area contributed by atoms with Crippen molar-refractivity contribution in [1.29, 1.82) is 0 Å². The molecule has 0 bridgehead atoms. The Morgan fingerprint density at radius 1 is 0.486 bits per heavy atom. The van der Waals surface area contributed by atoms with E-state index >= 15 is 0 Å². The Bertz CT molecular complexity index is 1040. The fourth-order valence-corrected chi connectivity index (χ4v) is 3.53. The summed E-state index contributed by atoms with van der Waals surface area (Å²) in [5.41, 5.74) is -18.8. The maximum Gasteiger partial charge on any atom is 0.430 e. The van der Waals surface area contributed by atoms with Gasteiger partial charge in [0.1, 0.15) is 11.5 Å². The second-order valence-electron chi connectivity index (χ2n) is 8.50. The molecule has 4 nitrogen and oxygen atoms in total. The van der Waals surface area contributed by atoms with Gasteiger partial charge in [-0.2, -0.15) is 52.7 Å². The number of benzene rings is 2. The van der Waals surface area contributed by atoms with Crippen LogP contribution in [0.1, 0.15) is 36.1 Å². The minimum absolute atomic E-state index is 0.0303. The molecule has 2 aromatic carbocycles. The van der Waals surface area contributed by atoms with Crippen LogP contribution in [0.5, 0.6) is 11.5 Å². The molecule has 0 spiro atoms. The number of hydrogen-bond donors (Lipinski definition) is 4. The van der Waals surface area contributed by atoms with Crippen molar-refractivity contribution in [3.05, 3.63) is 58.7 Å². The quantitative estimate of drug-likeness (QED) is 0.344. The molecule has 0 unspecified atom stereocenters. The van der Waals surface area contributed by atoms with E-state index in [9.17, 15) is 73.1 Å². The molecular weight excluding hydrogens is 544 g/mol. The van der Waals surface area contributed by atoms with Gasteiger partial charge >= 0.3 is 24.7 Å². The molecule has 37 heavy (non-hydrogen) atoms. The summed E-state index contributed by atoms with van der Waals surface area (Å²) in [6, 6.07) is 2.08. The van der Waals surface area contributed by atoms with Crippen molar-refractivity contribution in [2.45, 2.75) is 55.2 Å². The molecule has 2 rings (SSSR count). The maximum atomic E-state index is 13.3. The topological polar surface area (TPSA) is 80.9 Å². The lowest BCUT2D eigenvalue weighted by Crippen LogP contribution is -2.54. The number of phenolic OH excluding ortho intramolecular Hbond substituents is 2. The highest BCUT2D eigenvalue weighted by Crippen LogP contribution is 2.55. The van der Waals surface area contributed by atoms with Crippen LogP contribution >= 0.6 is 0 Å². The summed E-state index contributed by atoms with van der Waals surface area (Å²) in [6.07, 6.45) is -25.7. The molecular formula is C21H16F12O4. The Morgan fingerprint density at radius 3 is 0.946 bits per heavy atom. The largest absolute Gasteiger partial charge is 0.508 e. The lowest BCUT2D eigenvalue weighted by Gasteiger charge is -2.36. The van der Waals surface area contributed by atoms with Gasteiger partial charge in [0.2, 0.25) is 0 Å². The number of phenols is 2. The first-order valence-electron chi connectivity index (χ1n) is 9.64. The average molecular weight is 560 g/mol. The van der Waals surface area contributed by atoms with Crippen molar-refractivity contribution in [3.8, 4) is 11.5 Å². The normalized spacial score (nSPS) is 14.7. The smallest absolute Gasteiger partial charge is 0.430 e. The molecule has 16 heteroatoms. The second-order valence-corrected chi connectivity index (χ2v) is 8.50. The standard InChI is InChI=1S/C21H16F12O4/c1-15(2,9-3-5-13(34)11(7-9)16(36,18(22,23)24)19(25,26)27)10-4-6-14(35)12(8-10)17(37,20(28,29)30)21(31,32)33/h3-8,34-37H,1-2H3. The lowest BCUT2D eigenvalue weighted by atomic mass is 9.75. The van der Waals surface area contributed by atoms with Crippen molar-refractivity contribution in [1.82, 2.24) is 0 Å². The number of rotatable bonds is 4. The number of aliphatic hydroxyl groups is 2. The van der Waals surface area contributed by atoms with Crippen LogP contribution in [0.2, 0.25) is 0 Å². The van der Waals surface area contributed by atoms with E-state index in [0.29, 0.717) is 24.3 Å². The van der Waals surface area contributed by atoms with Crippen molar-refractivity contribution in [2.24, 2.45) is 0 Å². The SMILES string of the molecule is CC(C)(c1ccc(O)c(C(O)(C(F)(F)F)C(F)(F)F)c1)c1ccc(O)c(C(O)(C(F)(F)F)C(F)(F)F)c1. The van der Waals surface area contributed by atoms with Gasteiger partial charge in [-0.05, 0) is 35.4 Å². The van der Waals surface area contributed by atoms with Gasteiger partial charge in [-0.3, -0.25) is 0 Å².